The minimum Gasteiger partial charge on any atom is -0.488 e. The van der Waals surface area contributed by atoms with Gasteiger partial charge in [0.2, 0.25) is 0 Å². The fourth-order valence-corrected chi connectivity index (χ4v) is 5.56. The maximum absolute atomic E-state index is 12.8. The van der Waals surface area contributed by atoms with Gasteiger partial charge in [-0.25, -0.2) is 0 Å². The molecule has 1 amide bonds. The highest BCUT2D eigenvalue weighted by Gasteiger charge is 2.22. The zero-order valence-corrected chi connectivity index (χ0v) is 21.0. The predicted molar refractivity (Wildman–Crippen MR) is 138 cm³/mol. The summed E-state index contributed by atoms with van der Waals surface area (Å²) in [5, 5.41) is 31.4. The fourth-order valence-electron chi connectivity index (χ4n) is 3.82. The van der Waals surface area contributed by atoms with E-state index in [2.05, 4.69) is 33.4 Å². The Morgan fingerprint density at radius 3 is 2.54 bits per heavy atom. The van der Waals surface area contributed by atoms with Gasteiger partial charge in [-0.1, -0.05) is 18.2 Å². The summed E-state index contributed by atoms with van der Waals surface area (Å²) in [6.07, 6.45) is 5.39. The SMILES string of the molecule is N#C/C(=C\c1ccc(OCc2ccc(C#N)cc2)c(Br)c1)C(=O)Nc1sc2c(c1C#N)CCCC2. The Morgan fingerprint density at radius 2 is 1.86 bits per heavy atom. The minimum atomic E-state index is -0.542. The van der Waals surface area contributed by atoms with Crippen LogP contribution in [-0.2, 0) is 24.2 Å². The van der Waals surface area contributed by atoms with Crippen LogP contribution in [0.5, 0.6) is 5.75 Å². The molecule has 0 unspecified atom stereocenters. The molecule has 0 atom stereocenters. The van der Waals surface area contributed by atoms with Gasteiger partial charge in [0.25, 0.3) is 5.91 Å². The highest BCUT2D eigenvalue weighted by atomic mass is 79.9. The van der Waals surface area contributed by atoms with Crippen molar-refractivity contribution in [2.45, 2.75) is 32.3 Å². The van der Waals surface area contributed by atoms with Gasteiger partial charge in [0.05, 0.1) is 21.7 Å². The van der Waals surface area contributed by atoms with Gasteiger partial charge in [0, 0.05) is 4.88 Å². The van der Waals surface area contributed by atoms with E-state index in [1.165, 1.54) is 17.4 Å². The highest BCUT2D eigenvalue weighted by Crippen LogP contribution is 2.38. The summed E-state index contributed by atoms with van der Waals surface area (Å²) in [6.45, 7) is 0.331. The molecule has 3 aromatic rings. The van der Waals surface area contributed by atoms with Crippen LogP contribution in [0.4, 0.5) is 5.00 Å². The second kappa shape index (κ2) is 11.0. The standard InChI is InChI=1S/C27H19BrN4O2S/c28-23-12-19(9-10-24(23)34-16-18-7-5-17(13-29)6-8-18)11-20(14-30)26(33)32-27-22(15-31)21-3-1-2-4-25(21)35-27/h5-12H,1-4,16H2,(H,32,33)/b20-11+. The Balaban J connectivity index is 1.47. The van der Waals surface area contributed by atoms with Gasteiger partial charge in [-0.2, -0.15) is 15.8 Å². The lowest BCUT2D eigenvalue weighted by molar-refractivity contribution is -0.112. The lowest BCUT2D eigenvalue weighted by Gasteiger charge is -2.09. The summed E-state index contributed by atoms with van der Waals surface area (Å²) >= 11 is 4.91. The highest BCUT2D eigenvalue weighted by molar-refractivity contribution is 9.10. The van der Waals surface area contributed by atoms with Crippen LogP contribution in [0.3, 0.4) is 0 Å². The van der Waals surface area contributed by atoms with Crippen LogP contribution in [0, 0.1) is 34.0 Å². The van der Waals surface area contributed by atoms with E-state index < -0.39 is 5.91 Å². The first-order valence-electron chi connectivity index (χ1n) is 10.9. The summed E-state index contributed by atoms with van der Waals surface area (Å²) < 4.78 is 6.53. The monoisotopic (exact) mass is 542 g/mol. The van der Waals surface area contributed by atoms with Crippen molar-refractivity contribution in [3.63, 3.8) is 0 Å². The van der Waals surface area contributed by atoms with Crippen molar-refractivity contribution >= 4 is 44.3 Å². The van der Waals surface area contributed by atoms with Gasteiger partial charge in [0.1, 0.15) is 35.1 Å². The lowest BCUT2D eigenvalue weighted by atomic mass is 9.96. The second-order valence-corrected chi connectivity index (χ2v) is 9.90. The first-order valence-corrected chi connectivity index (χ1v) is 12.5. The topological polar surface area (TPSA) is 110 Å². The fraction of sp³-hybridized carbons (Fsp3) is 0.185. The molecule has 35 heavy (non-hydrogen) atoms. The maximum atomic E-state index is 12.8. The van der Waals surface area contributed by atoms with Crippen molar-refractivity contribution in [1.82, 2.24) is 0 Å². The zero-order chi connectivity index (χ0) is 24.8. The number of nitrogens with zero attached hydrogens (tertiary/aromatic N) is 3. The van der Waals surface area contributed by atoms with E-state index in [0.29, 0.717) is 38.5 Å². The third-order valence-electron chi connectivity index (χ3n) is 5.62. The van der Waals surface area contributed by atoms with Crippen molar-refractivity contribution in [3.8, 4) is 24.0 Å². The molecule has 1 N–H and O–H groups in total. The number of carbonyl (C=O) groups is 1. The number of amides is 1. The number of hydrogen-bond acceptors (Lipinski definition) is 6. The quantitative estimate of drug-likeness (QED) is 0.292. The second-order valence-electron chi connectivity index (χ2n) is 7.94. The number of ether oxygens (including phenoxy) is 1. The van der Waals surface area contributed by atoms with E-state index in [4.69, 9.17) is 10.00 Å². The van der Waals surface area contributed by atoms with E-state index in [9.17, 15) is 15.3 Å². The molecule has 0 aliphatic heterocycles. The number of aryl methyl sites for hydroxylation is 1. The average Bonchev–Trinajstić information content (AvgIpc) is 3.23. The number of halogens is 1. The van der Waals surface area contributed by atoms with E-state index in [1.54, 1.807) is 30.3 Å². The van der Waals surface area contributed by atoms with Crippen molar-refractivity contribution in [2.24, 2.45) is 0 Å². The van der Waals surface area contributed by atoms with Gasteiger partial charge in [-0.3, -0.25) is 4.79 Å². The van der Waals surface area contributed by atoms with Gasteiger partial charge in [-0.05, 0) is 88.6 Å². The lowest BCUT2D eigenvalue weighted by Crippen LogP contribution is -2.13. The third-order valence-corrected chi connectivity index (χ3v) is 7.45. The van der Waals surface area contributed by atoms with E-state index in [0.717, 1.165) is 41.7 Å². The number of benzene rings is 2. The molecule has 4 rings (SSSR count). The molecular formula is C27H19BrN4O2S. The van der Waals surface area contributed by atoms with Crippen molar-refractivity contribution in [1.29, 1.82) is 15.8 Å². The van der Waals surface area contributed by atoms with Crippen LogP contribution >= 0.6 is 27.3 Å². The molecule has 1 heterocycles. The first kappa shape index (κ1) is 24.2. The summed E-state index contributed by atoms with van der Waals surface area (Å²) in [5.74, 6) is 0.0668. The van der Waals surface area contributed by atoms with Crippen LogP contribution < -0.4 is 10.1 Å². The Kier molecular flexibility index (Phi) is 7.63. The molecule has 1 aliphatic rings. The van der Waals surface area contributed by atoms with Crippen LogP contribution in [0.1, 0.15) is 45.5 Å². The van der Waals surface area contributed by atoms with Gasteiger partial charge < -0.3 is 10.1 Å². The van der Waals surface area contributed by atoms with Crippen LogP contribution in [-0.4, -0.2) is 5.91 Å². The Bertz CT molecular complexity index is 1440. The molecule has 0 radical (unpaired) electrons. The number of nitrogens with one attached hydrogen (secondary N) is 1. The molecule has 0 spiro atoms. The van der Waals surface area contributed by atoms with Crippen molar-refractivity contribution < 1.29 is 9.53 Å². The molecule has 0 saturated heterocycles. The van der Waals surface area contributed by atoms with Gasteiger partial charge >= 0.3 is 0 Å². The number of nitriles is 3. The van der Waals surface area contributed by atoms with Gasteiger partial charge in [0.15, 0.2) is 0 Å². The molecule has 1 aliphatic carbocycles. The number of carbonyl (C=O) groups excluding carboxylic acids is 1. The zero-order valence-electron chi connectivity index (χ0n) is 18.6. The molecule has 6 nitrogen and oxygen atoms in total. The van der Waals surface area contributed by atoms with E-state index >= 15 is 0 Å². The van der Waals surface area contributed by atoms with Crippen LogP contribution in [0.25, 0.3) is 6.08 Å². The molecular weight excluding hydrogens is 524 g/mol. The van der Waals surface area contributed by atoms with Crippen molar-refractivity contribution in [2.75, 3.05) is 5.32 Å². The Labute approximate surface area is 215 Å². The minimum absolute atomic E-state index is 0.0570. The molecule has 172 valence electrons. The van der Waals surface area contributed by atoms with Crippen LogP contribution in [0.2, 0.25) is 0 Å². The molecule has 0 fully saturated rings. The molecule has 1 aromatic heterocycles. The summed E-state index contributed by atoms with van der Waals surface area (Å²) in [5.41, 5.74) is 3.66. The normalized spacial score (nSPS) is 12.6. The third kappa shape index (κ3) is 5.61. The summed E-state index contributed by atoms with van der Waals surface area (Å²) in [7, 11) is 0. The van der Waals surface area contributed by atoms with Crippen molar-refractivity contribution in [3.05, 3.63) is 85.2 Å². The first-order chi connectivity index (χ1) is 17.0. The largest absolute Gasteiger partial charge is 0.488 e. The van der Waals surface area contributed by atoms with E-state index in [-0.39, 0.29) is 5.57 Å². The number of anilines is 1. The number of rotatable bonds is 6. The Morgan fingerprint density at radius 1 is 1.09 bits per heavy atom. The summed E-state index contributed by atoms with van der Waals surface area (Å²) in [4.78, 5) is 14.0. The molecule has 8 heteroatoms. The maximum Gasteiger partial charge on any atom is 0.266 e. The predicted octanol–water partition coefficient (Wildman–Crippen LogP) is 6.26. The van der Waals surface area contributed by atoms with Gasteiger partial charge in [-0.15, -0.1) is 11.3 Å². The summed E-state index contributed by atoms with van der Waals surface area (Å²) in [6, 6.07) is 18.7. The average molecular weight is 543 g/mol. The number of hydrogen-bond donors (Lipinski definition) is 1. The van der Waals surface area contributed by atoms with E-state index in [1.807, 2.05) is 18.2 Å². The molecule has 2 aromatic carbocycles. The smallest absolute Gasteiger partial charge is 0.266 e. The number of thiophene rings is 1. The number of fused-ring (bicyclic) bond motifs is 1. The molecule has 0 saturated carbocycles. The molecule has 0 bridgehead atoms. The Hall–Kier alpha value is -3.90. The van der Waals surface area contributed by atoms with Crippen LogP contribution in [0.15, 0.2) is 52.5 Å².